The molecule has 0 aromatic heterocycles. The fourth-order valence-corrected chi connectivity index (χ4v) is 2.30. The molecular formula is C14H22BrN. The normalized spacial score (nSPS) is 16.4. The largest absolute Gasteiger partial charge is 0.317 e. The van der Waals surface area contributed by atoms with E-state index in [1.807, 2.05) is 13.8 Å². The first kappa shape index (κ1) is 13.7. The summed E-state index contributed by atoms with van der Waals surface area (Å²) >= 11 is 3.46. The number of hydrogen-bond donors (Lipinski definition) is 1. The molecule has 1 aromatic carbocycles. The Kier molecular flexibility index (Phi) is 6.74. The minimum absolute atomic E-state index is 0.887. The van der Waals surface area contributed by atoms with Gasteiger partial charge in [0.15, 0.2) is 0 Å². The van der Waals surface area contributed by atoms with Gasteiger partial charge in [-0.05, 0) is 56.0 Å². The van der Waals surface area contributed by atoms with Crippen LogP contribution in [0.5, 0.6) is 0 Å². The summed E-state index contributed by atoms with van der Waals surface area (Å²) in [6.45, 7) is 6.39. The lowest BCUT2D eigenvalue weighted by molar-refractivity contribution is 0.372. The van der Waals surface area contributed by atoms with Crippen LogP contribution in [0, 0.1) is 5.92 Å². The van der Waals surface area contributed by atoms with Crippen molar-refractivity contribution in [3.63, 3.8) is 0 Å². The SMILES string of the molecule is Brc1ccc(CC2CCNCC2)cc1.CC. The number of hydrogen-bond acceptors (Lipinski definition) is 1. The summed E-state index contributed by atoms with van der Waals surface area (Å²) < 4.78 is 1.17. The Morgan fingerprint density at radius 3 is 2.25 bits per heavy atom. The van der Waals surface area contributed by atoms with Crippen LogP contribution in [0.3, 0.4) is 0 Å². The Morgan fingerprint density at radius 2 is 1.69 bits per heavy atom. The minimum atomic E-state index is 0.887. The molecular weight excluding hydrogens is 262 g/mol. The molecule has 0 amide bonds. The van der Waals surface area contributed by atoms with Crippen molar-refractivity contribution in [2.45, 2.75) is 33.1 Å². The van der Waals surface area contributed by atoms with Gasteiger partial charge in [-0.15, -0.1) is 0 Å². The molecule has 1 nitrogen and oxygen atoms in total. The number of rotatable bonds is 2. The maximum Gasteiger partial charge on any atom is 0.0175 e. The van der Waals surface area contributed by atoms with E-state index in [1.54, 1.807) is 0 Å². The molecule has 0 unspecified atom stereocenters. The fourth-order valence-electron chi connectivity index (χ4n) is 2.04. The van der Waals surface area contributed by atoms with Crippen molar-refractivity contribution < 1.29 is 0 Å². The van der Waals surface area contributed by atoms with E-state index in [4.69, 9.17) is 0 Å². The third-order valence-electron chi connectivity index (χ3n) is 2.90. The van der Waals surface area contributed by atoms with Gasteiger partial charge in [-0.2, -0.15) is 0 Å². The lowest BCUT2D eigenvalue weighted by Gasteiger charge is -2.22. The lowest BCUT2D eigenvalue weighted by atomic mass is 9.91. The molecule has 1 N–H and O–H groups in total. The van der Waals surface area contributed by atoms with Gasteiger partial charge in [0.2, 0.25) is 0 Å². The van der Waals surface area contributed by atoms with Crippen LogP contribution in [0.15, 0.2) is 28.7 Å². The van der Waals surface area contributed by atoms with Crippen molar-refractivity contribution >= 4 is 15.9 Å². The third kappa shape index (κ3) is 4.67. The summed E-state index contributed by atoms with van der Waals surface area (Å²) in [5.74, 6) is 0.887. The predicted octanol–water partition coefficient (Wildman–Crippen LogP) is 4.02. The smallest absolute Gasteiger partial charge is 0.0175 e. The fraction of sp³-hybridized carbons (Fsp3) is 0.571. The van der Waals surface area contributed by atoms with Crippen LogP contribution in [-0.4, -0.2) is 13.1 Å². The Hall–Kier alpha value is -0.340. The Balaban J connectivity index is 0.000000606. The zero-order valence-electron chi connectivity index (χ0n) is 10.3. The molecule has 0 bridgehead atoms. The molecule has 2 rings (SSSR count). The maximum absolute atomic E-state index is 3.46. The molecule has 0 atom stereocenters. The summed E-state index contributed by atoms with van der Waals surface area (Å²) in [5.41, 5.74) is 1.47. The zero-order chi connectivity index (χ0) is 11.8. The van der Waals surface area contributed by atoms with Gasteiger partial charge in [0, 0.05) is 4.47 Å². The van der Waals surface area contributed by atoms with Crippen molar-refractivity contribution in [1.29, 1.82) is 0 Å². The summed E-state index contributed by atoms with van der Waals surface area (Å²) in [6.07, 6.45) is 3.90. The van der Waals surface area contributed by atoms with Gasteiger partial charge in [-0.3, -0.25) is 0 Å². The highest BCUT2D eigenvalue weighted by Crippen LogP contribution is 2.19. The van der Waals surface area contributed by atoms with Crippen LogP contribution >= 0.6 is 15.9 Å². The molecule has 0 spiro atoms. The van der Waals surface area contributed by atoms with E-state index in [9.17, 15) is 0 Å². The Labute approximate surface area is 108 Å². The molecule has 1 aromatic rings. The second kappa shape index (κ2) is 7.86. The highest BCUT2D eigenvalue weighted by atomic mass is 79.9. The van der Waals surface area contributed by atoms with Gasteiger partial charge in [0.25, 0.3) is 0 Å². The highest BCUT2D eigenvalue weighted by molar-refractivity contribution is 9.10. The van der Waals surface area contributed by atoms with Crippen molar-refractivity contribution in [3.05, 3.63) is 34.3 Å². The second-order valence-corrected chi connectivity index (χ2v) is 4.94. The van der Waals surface area contributed by atoms with Crippen molar-refractivity contribution in [3.8, 4) is 0 Å². The number of halogens is 1. The van der Waals surface area contributed by atoms with Gasteiger partial charge in [0.05, 0.1) is 0 Å². The van der Waals surface area contributed by atoms with Crippen LogP contribution in [0.2, 0.25) is 0 Å². The quantitative estimate of drug-likeness (QED) is 0.865. The van der Waals surface area contributed by atoms with E-state index >= 15 is 0 Å². The standard InChI is InChI=1S/C12H16BrN.C2H6/c13-12-3-1-10(2-4-12)9-11-5-7-14-8-6-11;1-2/h1-4,11,14H,5-9H2;1-2H3. The second-order valence-electron chi connectivity index (χ2n) is 4.02. The van der Waals surface area contributed by atoms with Crippen molar-refractivity contribution in [2.24, 2.45) is 5.92 Å². The molecule has 1 aliphatic rings. The summed E-state index contributed by atoms with van der Waals surface area (Å²) in [7, 11) is 0. The average Bonchev–Trinajstić information content (AvgIpc) is 2.36. The minimum Gasteiger partial charge on any atom is -0.317 e. The molecule has 0 radical (unpaired) electrons. The molecule has 1 saturated heterocycles. The van der Waals surface area contributed by atoms with E-state index < -0.39 is 0 Å². The van der Waals surface area contributed by atoms with Crippen LogP contribution in [-0.2, 0) is 6.42 Å². The highest BCUT2D eigenvalue weighted by Gasteiger charge is 2.12. The molecule has 0 aliphatic carbocycles. The molecule has 1 heterocycles. The van der Waals surface area contributed by atoms with Crippen LogP contribution in [0.1, 0.15) is 32.3 Å². The summed E-state index contributed by atoms with van der Waals surface area (Å²) in [6, 6.07) is 8.73. The Morgan fingerprint density at radius 1 is 1.12 bits per heavy atom. The molecule has 1 aliphatic heterocycles. The van der Waals surface area contributed by atoms with Gasteiger partial charge in [-0.1, -0.05) is 41.9 Å². The van der Waals surface area contributed by atoms with Crippen molar-refractivity contribution in [1.82, 2.24) is 5.32 Å². The first-order chi connectivity index (χ1) is 7.84. The van der Waals surface area contributed by atoms with Crippen LogP contribution < -0.4 is 5.32 Å². The van der Waals surface area contributed by atoms with E-state index in [2.05, 4.69) is 45.5 Å². The summed E-state index contributed by atoms with van der Waals surface area (Å²) in [4.78, 5) is 0. The third-order valence-corrected chi connectivity index (χ3v) is 3.43. The first-order valence-corrected chi connectivity index (χ1v) is 7.09. The van der Waals surface area contributed by atoms with E-state index in [-0.39, 0.29) is 0 Å². The van der Waals surface area contributed by atoms with E-state index in [0.717, 1.165) is 5.92 Å². The zero-order valence-corrected chi connectivity index (χ0v) is 11.9. The topological polar surface area (TPSA) is 12.0 Å². The summed E-state index contributed by atoms with van der Waals surface area (Å²) in [5, 5.41) is 3.40. The first-order valence-electron chi connectivity index (χ1n) is 6.30. The number of nitrogens with one attached hydrogen (secondary N) is 1. The van der Waals surface area contributed by atoms with E-state index in [1.165, 1.54) is 42.4 Å². The lowest BCUT2D eigenvalue weighted by Crippen LogP contribution is -2.28. The predicted molar refractivity (Wildman–Crippen MR) is 74.8 cm³/mol. The molecule has 0 saturated carbocycles. The molecule has 1 fully saturated rings. The van der Waals surface area contributed by atoms with Gasteiger partial charge in [-0.25, -0.2) is 0 Å². The van der Waals surface area contributed by atoms with Crippen molar-refractivity contribution in [2.75, 3.05) is 13.1 Å². The monoisotopic (exact) mass is 283 g/mol. The van der Waals surface area contributed by atoms with Crippen LogP contribution in [0.4, 0.5) is 0 Å². The maximum atomic E-state index is 3.46. The van der Waals surface area contributed by atoms with E-state index in [0.29, 0.717) is 0 Å². The molecule has 2 heteroatoms. The van der Waals surface area contributed by atoms with Gasteiger partial charge in [0.1, 0.15) is 0 Å². The van der Waals surface area contributed by atoms with Gasteiger partial charge >= 0.3 is 0 Å². The number of piperidine rings is 1. The number of benzene rings is 1. The molecule has 90 valence electrons. The Bertz CT molecular complexity index is 275. The molecule has 16 heavy (non-hydrogen) atoms. The average molecular weight is 284 g/mol. The van der Waals surface area contributed by atoms with Crippen LogP contribution in [0.25, 0.3) is 0 Å². The van der Waals surface area contributed by atoms with Gasteiger partial charge < -0.3 is 5.32 Å².